The van der Waals surface area contributed by atoms with Gasteiger partial charge in [-0.25, -0.2) is 4.39 Å². The highest BCUT2D eigenvalue weighted by Gasteiger charge is 2.14. The van der Waals surface area contributed by atoms with E-state index in [-0.39, 0.29) is 11.4 Å². The molecule has 4 nitrogen and oxygen atoms in total. The van der Waals surface area contributed by atoms with Crippen molar-refractivity contribution in [2.45, 2.75) is 0 Å². The number of para-hydroxylation sites is 1. The Morgan fingerprint density at radius 1 is 1.09 bits per heavy atom. The SMILES string of the molecule is O=C(/C=C(\O)c1ccc(Cl)cc1)C(=O)Nc1ccccc1F. The van der Waals surface area contributed by atoms with Crippen molar-refractivity contribution in [1.82, 2.24) is 0 Å². The Balaban J connectivity index is 2.11. The fourth-order valence-electron chi connectivity index (χ4n) is 1.64. The van der Waals surface area contributed by atoms with Gasteiger partial charge in [-0.15, -0.1) is 0 Å². The van der Waals surface area contributed by atoms with Crippen molar-refractivity contribution in [3.8, 4) is 0 Å². The summed E-state index contributed by atoms with van der Waals surface area (Å²) in [5.74, 6) is -3.10. The van der Waals surface area contributed by atoms with E-state index in [1.165, 1.54) is 42.5 Å². The van der Waals surface area contributed by atoms with Crippen molar-refractivity contribution < 1.29 is 19.1 Å². The Labute approximate surface area is 130 Å². The Morgan fingerprint density at radius 3 is 2.36 bits per heavy atom. The first-order chi connectivity index (χ1) is 10.5. The number of benzene rings is 2. The molecule has 0 aliphatic rings. The highest BCUT2D eigenvalue weighted by molar-refractivity contribution is 6.45. The van der Waals surface area contributed by atoms with Gasteiger partial charge in [0.25, 0.3) is 5.91 Å². The summed E-state index contributed by atoms with van der Waals surface area (Å²) in [6.45, 7) is 0. The van der Waals surface area contributed by atoms with Gasteiger partial charge in [-0.3, -0.25) is 9.59 Å². The van der Waals surface area contributed by atoms with Crippen LogP contribution < -0.4 is 5.32 Å². The molecule has 0 atom stereocenters. The largest absolute Gasteiger partial charge is 0.507 e. The van der Waals surface area contributed by atoms with Crippen LogP contribution in [0.5, 0.6) is 0 Å². The number of halogens is 2. The number of nitrogens with one attached hydrogen (secondary N) is 1. The Morgan fingerprint density at radius 2 is 1.73 bits per heavy atom. The molecule has 0 radical (unpaired) electrons. The van der Waals surface area contributed by atoms with Crippen molar-refractivity contribution in [3.63, 3.8) is 0 Å². The Bertz CT molecular complexity index is 741. The lowest BCUT2D eigenvalue weighted by atomic mass is 10.1. The molecule has 0 aromatic heterocycles. The third-order valence-electron chi connectivity index (χ3n) is 2.75. The predicted octanol–water partition coefficient (Wildman–Crippen LogP) is 3.59. The zero-order valence-electron chi connectivity index (χ0n) is 11.2. The summed E-state index contributed by atoms with van der Waals surface area (Å²) in [5.41, 5.74) is 0.219. The zero-order chi connectivity index (χ0) is 16.1. The average molecular weight is 320 g/mol. The molecule has 0 aliphatic heterocycles. The number of aliphatic hydroxyl groups excluding tert-OH is 1. The van der Waals surface area contributed by atoms with Crippen LogP contribution in [0.3, 0.4) is 0 Å². The molecule has 0 heterocycles. The van der Waals surface area contributed by atoms with Gasteiger partial charge in [0.1, 0.15) is 11.6 Å². The van der Waals surface area contributed by atoms with Crippen LogP contribution >= 0.6 is 11.6 Å². The quantitative estimate of drug-likeness (QED) is 0.514. The first-order valence-electron chi connectivity index (χ1n) is 6.24. The molecule has 2 aromatic rings. The molecule has 112 valence electrons. The van der Waals surface area contributed by atoms with Crippen molar-refractivity contribution in [2.75, 3.05) is 5.32 Å². The van der Waals surface area contributed by atoms with Gasteiger partial charge in [-0.05, 0) is 36.4 Å². The van der Waals surface area contributed by atoms with Gasteiger partial charge in [-0.2, -0.15) is 0 Å². The molecule has 2 N–H and O–H groups in total. The van der Waals surface area contributed by atoms with Gasteiger partial charge in [0.05, 0.1) is 5.69 Å². The minimum Gasteiger partial charge on any atom is -0.507 e. The molecule has 0 fully saturated rings. The van der Waals surface area contributed by atoms with Gasteiger partial charge in [0, 0.05) is 16.7 Å². The smallest absolute Gasteiger partial charge is 0.296 e. The zero-order valence-corrected chi connectivity index (χ0v) is 12.0. The van der Waals surface area contributed by atoms with Gasteiger partial charge in [-0.1, -0.05) is 23.7 Å². The number of hydrogen-bond donors (Lipinski definition) is 2. The monoisotopic (exact) mass is 319 g/mol. The average Bonchev–Trinajstić information content (AvgIpc) is 2.50. The summed E-state index contributed by atoms with van der Waals surface area (Å²) >= 11 is 5.71. The van der Waals surface area contributed by atoms with Crippen LogP contribution in [0.15, 0.2) is 54.6 Å². The molecule has 0 aliphatic carbocycles. The van der Waals surface area contributed by atoms with Gasteiger partial charge in [0.15, 0.2) is 0 Å². The number of carbonyl (C=O) groups excluding carboxylic acids is 2. The van der Waals surface area contributed by atoms with Crippen LogP contribution in [0.1, 0.15) is 5.56 Å². The van der Waals surface area contributed by atoms with Crippen molar-refractivity contribution in [3.05, 3.63) is 71.0 Å². The predicted molar refractivity (Wildman–Crippen MR) is 82.1 cm³/mol. The number of carbonyl (C=O) groups is 2. The number of hydrogen-bond acceptors (Lipinski definition) is 3. The first kappa shape index (κ1) is 15.7. The molecule has 6 heteroatoms. The highest BCUT2D eigenvalue weighted by atomic mass is 35.5. The number of anilines is 1. The fraction of sp³-hybridized carbons (Fsp3) is 0. The maximum atomic E-state index is 13.4. The molecular formula is C16H11ClFNO3. The highest BCUT2D eigenvalue weighted by Crippen LogP contribution is 2.16. The summed E-state index contributed by atoms with van der Waals surface area (Å²) in [7, 11) is 0. The molecule has 0 unspecified atom stereocenters. The van der Waals surface area contributed by atoms with Crippen LogP contribution in [0.2, 0.25) is 5.02 Å². The standard InChI is InChI=1S/C16H11ClFNO3/c17-11-7-5-10(6-8-11)14(20)9-15(21)16(22)19-13-4-2-1-3-12(13)18/h1-9,20H,(H,19,22)/b14-9-. The van der Waals surface area contributed by atoms with E-state index in [0.29, 0.717) is 10.6 Å². The van der Waals surface area contributed by atoms with E-state index < -0.39 is 17.5 Å². The van der Waals surface area contributed by atoms with E-state index in [9.17, 15) is 19.1 Å². The van der Waals surface area contributed by atoms with E-state index in [2.05, 4.69) is 5.32 Å². The number of amides is 1. The first-order valence-corrected chi connectivity index (χ1v) is 6.61. The summed E-state index contributed by atoms with van der Waals surface area (Å²) in [6.07, 6.45) is 0.763. The second kappa shape index (κ2) is 6.87. The van der Waals surface area contributed by atoms with E-state index >= 15 is 0 Å². The van der Waals surface area contributed by atoms with Crippen LogP contribution in [-0.2, 0) is 9.59 Å². The second-order valence-corrected chi connectivity index (χ2v) is 4.77. The lowest BCUT2D eigenvalue weighted by Crippen LogP contribution is -2.21. The van der Waals surface area contributed by atoms with Gasteiger partial charge >= 0.3 is 0 Å². The third-order valence-corrected chi connectivity index (χ3v) is 3.01. The summed E-state index contributed by atoms with van der Waals surface area (Å²) in [4.78, 5) is 23.4. The summed E-state index contributed by atoms with van der Waals surface area (Å²) in [6, 6.07) is 11.5. The molecule has 2 rings (SSSR count). The van der Waals surface area contributed by atoms with Gasteiger partial charge in [0.2, 0.25) is 5.78 Å². The normalized spacial score (nSPS) is 11.1. The topological polar surface area (TPSA) is 66.4 Å². The summed E-state index contributed by atoms with van der Waals surface area (Å²) < 4.78 is 13.4. The molecule has 0 spiro atoms. The molecular weight excluding hydrogens is 309 g/mol. The molecule has 2 aromatic carbocycles. The minimum absolute atomic E-state index is 0.111. The molecule has 0 bridgehead atoms. The Hall–Kier alpha value is -2.66. The Kier molecular flexibility index (Phi) is 4.91. The van der Waals surface area contributed by atoms with Crippen molar-refractivity contribution in [2.24, 2.45) is 0 Å². The van der Waals surface area contributed by atoms with Crippen LogP contribution in [0.4, 0.5) is 10.1 Å². The van der Waals surface area contributed by atoms with E-state index in [1.807, 2.05) is 0 Å². The molecule has 22 heavy (non-hydrogen) atoms. The maximum absolute atomic E-state index is 13.4. The van der Waals surface area contributed by atoms with Crippen LogP contribution in [0, 0.1) is 5.82 Å². The summed E-state index contributed by atoms with van der Waals surface area (Å²) in [5, 5.41) is 12.4. The number of rotatable bonds is 4. The lowest BCUT2D eigenvalue weighted by Gasteiger charge is -2.04. The third kappa shape index (κ3) is 3.93. The molecule has 1 amide bonds. The van der Waals surface area contributed by atoms with Crippen molar-refractivity contribution >= 4 is 34.7 Å². The van der Waals surface area contributed by atoms with E-state index in [4.69, 9.17) is 11.6 Å². The number of ketones is 1. The fourth-order valence-corrected chi connectivity index (χ4v) is 1.77. The molecule has 0 saturated heterocycles. The van der Waals surface area contributed by atoms with Crippen LogP contribution in [0.25, 0.3) is 5.76 Å². The van der Waals surface area contributed by atoms with E-state index in [1.54, 1.807) is 0 Å². The second-order valence-electron chi connectivity index (χ2n) is 4.33. The minimum atomic E-state index is -1.05. The maximum Gasteiger partial charge on any atom is 0.296 e. The van der Waals surface area contributed by atoms with Crippen molar-refractivity contribution in [1.29, 1.82) is 0 Å². The molecule has 0 saturated carbocycles. The lowest BCUT2D eigenvalue weighted by molar-refractivity contribution is -0.132. The van der Waals surface area contributed by atoms with Gasteiger partial charge < -0.3 is 10.4 Å². The number of aliphatic hydroxyl groups is 1. The van der Waals surface area contributed by atoms with Crippen LogP contribution in [-0.4, -0.2) is 16.8 Å². The van der Waals surface area contributed by atoms with E-state index in [0.717, 1.165) is 12.1 Å².